The highest BCUT2D eigenvalue weighted by Gasteiger charge is 2.10. The van der Waals surface area contributed by atoms with Crippen LogP contribution in [0.2, 0.25) is 10.0 Å². The van der Waals surface area contributed by atoms with Crippen LogP contribution >= 0.6 is 48.0 Å². The van der Waals surface area contributed by atoms with Crippen molar-refractivity contribution in [1.82, 2.24) is 10.2 Å². The number of hydrogen-bond donors (Lipinski definition) is 1. The Bertz CT molecular complexity index is 934. The van der Waals surface area contributed by atoms with E-state index < -0.39 is 0 Å². The van der Waals surface area contributed by atoms with Crippen molar-refractivity contribution in [2.24, 2.45) is 0 Å². The molecule has 0 unspecified atom stereocenters. The molecule has 3 aromatic carbocycles. The number of hydrogen-bond acceptors (Lipinski definition) is 3. The Morgan fingerprint density at radius 2 is 1.73 bits per heavy atom. The van der Waals surface area contributed by atoms with E-state index in [9.17, 15) is 0 Å². The molecule has 7 heteroatoms. The zero-order valence-corrected chi connectivity index (χ0v) is 20.3. The van der Waals surface area contributed by atoms with Crippen LogP contribution in [0.15, 0.2) is 54.6 Å². The minimum atomic E-state index is 0. The van der Waals surface area contributed by atoms with Crippen LogP contribution in [0.3, 0.4) is 0 Å². The van der Waals surface area contributed by atoms with Gasteiger partial charge in [0.1, 0.15) is 12.4 Å². The zero-order valence-electron chi connectivity index (χ0n) is 17.2. The van der Waals surface area contributed by atoms with Crippen LogP contribution in [0.1, 0.15) is 17.5 Å². The van der Waals surface area contributed by atoms with E-state index in [0.717, 1.165) is 37.4 Å². The van der Waals surface area contributed by atoms with Crippen molar-refractivity contribution in [2.45, 2.75) is 19.6 Å². The summed E-state index contributed by atoms with van der Waals surface area (Å²) in [7, 11) is 4.19. The third-order valence-electron chi connectivity index (χ3n) is 4.66. The number of nitrogens with zero attached hydrogens (tertiary/aromatic N) is 1. The molecular formula is C23H28Cl4N2O. The molecule has 3 rings (SSSR count). The van der Waals surface area contributed by atoms with Crippen molar-refractivity contribution in [3.63, 3.8) is 0 Å². The first-order valence-corrected chi connectivity index (χ1v) is 10.2. The van der Waals surface area contributed by atoms with Crippen molar-refractivity contribution in [3.8, 4) is 5.75 Å². The molecule has 0 aliphatic carbocycles. The van der Waals surface area contributed by atoms with Gasteiger partial charge in [0, 0.05) is 27.7 Å². The van der Waals surface area contributed by atoms with E-state index in [1.54, 1.807) is 6.07 Å². The molecule has 0 amide bonds. The standard InChI is InChI=1S/C23H26Cl2N2O.2ClH/c1-27(2)13-5-12-26-15-21-20-7-4-3-6-17(20)9-11-23(21)28-16-18-8-10-19(24)14-22(18)25;;/h3-4,6-11,14,26H,5,12-13,15-16H2,1-2H3;2*1H. The van der Waals surface area contributed by atoms with E-state index in [1.807, 2.05) is 18.2 Å². The van der Waals surface area contributed by atoms with Crippen LogP contribution in [0, 0.1) is 0 Å². The van der Waals surface area contributed by atoms with Gasteiger partial charge >= 0.3 is 0 Å². The summed E-state index contributed by atoms with van der Waals surface area (Å²) in [6.07, 6.45) is 1.11. The highest BCUT2D eigenvalue weighted by Crippen LogP contribution is 2.30. The Morgan fingerprint density at radius 1 is 0.967 bits per heavy atom. The Kier molecular flexibility index (Phi) is 11.9. The van der Waals surface area contributed by atoms with Crippen molar-refractivity contribution < 1.29 is 4.74 Å². The van der Waals surface area contributed by atoms with Crippen LogP contribution in [-0.4, -0.2) is 32.1 Å². The van der Waals surface area contributed by atoms with Gasteiger partial charge in [0.15, 0.2) is 0 Å². The monoisotopic (exact) mass is 488 g/mol. The van der Waals surface area contributed by atoms with E-state index in [4.69, 9.17) is 27.9 Å². The van der Waals surface area contributed by atoms with Crippen LogP contribution in [0.5, 0.6) is 5.75 Å². The Balaban J connectivity index is 0.00000225. The summed E-state index contributed by atoms with van der Waals surface area (Å²) in [6, 6.07) is 18.0. The van der Waals surface area contributed by atoms with E-state index in [0.29, 0.717) is 16.7 Å². The summed E-state index contributed by atoms with van der Waals surface area (Å²) in [5.41, 5.74) is 2.09. The van der Waals surface area contributed by atoms with Crippen molar-refractivity contribution in [3.05, 3.63) is 75.8 Å². The van der Waals surface area contributed by atoms with Gasteiger partial charge in [-0.3, -0.25) is 0 Å². The Labute approximate surface area is 201 Å². The fourth-order valence-corrected chi connectivity index (χ4v) is 3.62. The van der Waals surface area contributed by atoms with Gasteiger partial charge in [0.2, 0.25) is 0 Å². The topological polar surface area (TPSA) is 24.5 Å². The predicted molar refractivity (Wildman–Crippen MR) is 134 cm³/mol. The molecule has 0 bridgehead atoms. The second-order valence-electron chi connectivity index (χ2n) is 7.12. The largest absolute Gasteiger partial charge is 0.488 e. The lowest BCUT2D eigenvalue weighted by Gasteiger charge is -2.16. The Hall–Kier alpha value is -1.20. The van der Waals surface area contributed by atoms with E-state index in [2.05, 4.69) is 54.6 Å². The minimum Gasteiger partial charge on any atom is -0.488 e. The fraction of sp³-hybridized carbons (Fsp3) is 0.304. The van der Waals surface area contributed by atoms with Crippen molar-refractivity contribution >= 4 is 58.8 Å². The predicted octanol–water partition coefficient (Wildman–Crippen LogP) is 6.61. The first kappa shape index (κ1) is 26.8. The van der Waals surface area contributed by atoms with Crippen LogP contribution < -0.4 is 10.1 Å². The number of benzene rings is 3. The number of fused-ring (bicyclic) bond motifs is 1. The summed E-state index contributed by atoms with van der Waals surface area (Å²) in [6.45, 7) is 3.20. The number of rotatable bonds is 9. The third kappa shape index (κ3) is 7.49. The lowest BCUT2D eigenvalue weighted by molar-refractivity contribution is 0.302. The highest BCUT2D eigenvalue weighted by molar-refractivity contribution is 6.35. The quantitative estimate of drug-likeness (QED) is 0.342. The van der Waals surface area contributed by atoms with E-state index in [1.165, 1.54) is 16.3 Å². The normalized spacial score (nSPS) is 10.6. The number of halogens is 4. The maximum absolute atomic E-state index is 6.29. The van der Waals surface area contributed by atoms with Gasteiger partial charge in [-0.05, 0) is 62.6 Å². The molecule has 0 aromatic heterocycles. The van der Waals surface area contributed by atoms with Gasteiger partial charge < -0.3 is 15.0 Å². The average Bonchev–Trinajstić information content (AvgIpc) is 2.67. The molecule has 164 valence electrons. The lowest BCUT2D eigenvalue weighted by atomic mass is 10.0. The molecule has 0 atom stereocenters. The number of nitrogens with one attached hydrogen (secondary N) is 1. The fourth-order valence-electron chi connectivity index (χ4n) is 3.16. The first-order valence-electron chi connectivity index (χ1n) is 9.47. The molecule has 0 fully saturated rings. The molecular weight excluding hydrogens is 462 g/mol. The molecule has 1 N–H and O–H groups in total. The SMILES string of the molecule is CN(C)CCCNCc1c(OCc2ccc(Cl)cc2Cl)ccc2ccccc12.Cl.Cl. The number of ether oxygens (including phenoxy) is 1. The van der Waals surface area contributed by atoms with Gasteiger partial charge in [-0.2, -0.15) is 0 Å². The van der Waals surface area contributed by atoms with Crippen molar-refractivity contribution in [2.75, 3.05) is 27.2 Å². The van der Waals surface area contributed by atoms with Crippen LogP contribution in [-0.2, 0) is 13.2 Å². The summed E-state index contributed by atoms with van der Waals surface area (Å²) in [4.78, 5) is 2.20. The third-order valence-corrected chi connectivity index (χ3v) is 5.24. The Morgan fingerprint density at radius 3 is 2.47 bits per heavy atom. The highest BCUT2D eigenvalue weighted by atomic mass is 35.5. The van der Waals surface area contributed by atoms with Crippen molar-refractivity contribution in [1.29, 1.82) is 0 Å². The summed E-state index contributed by atoms with van der Waals surface area (Å²) < 4.78 is 6.17. The molecule has 0 aliphatic rings. The minimum absolute atomic E-state index is 0. The van der Waals surface area contributed by atoms with Gasteiger partial charge in [-0.25, -0.2) is 0 Å². The maximum Gasteiger partial charge on any atom is 0.124 e. The van der Waals surface area contributed by atoms with Gasteiger partial charge in [-0.15, -0.1) is 24.8 Å². The second-order valence-corrected chi connectivity index (χ2v) is 7.97. The molecule has 0 saturated heterocycles. The maximum atomic E-state index is 6.29. The molecule has 0 spiro atoms. The van der Waals surface area contributed by atoms with Crippen LogP contribution in [0.4, 0.5) is 0 Å². The molecule has 0 saturated carbocycles. The van der Waals surface area contributed by atoms with Gasteiger partial charge in [0.25, 0.3) is 0 Å². The molecule has 0 heterocycles. The molecule has 3 nitrogen and oxygen atoms in total. The van der Waals surface area contributed by atoms with Crippen LogP contribution in [0.25, 0.3) is 10.8 Å². The summed E-state index contributed by atoms with van der Waals surface area (Å²) >= 11 is 12.3. The zero-order chi connectivity index (χ0) is 19.9. The van der Waals surface area contributed by atoms with Gasteiger partial charge in [-0.1, -0.05) is 59.6 Å². The molecule has 3 aromatic rings. The molecule has 30 heavy (non-hydrogen) atoms. The second kappa shape index (κ2) is 13.3. The molecule has 0 radical (unpaired) electrons. The average molecular weight is 490 g/mol. The summed E-state index contributed by atoms with van der Waals surface area (Å²) in [5.74, 6) is 0.879. The lowest BCUT2D eigenvalue weighted by Crippen LogP contribution is -2.21. The first-order chi connectivity index (χ1) is 13.5. The molecule has 0 aliphatic heterocycles. The van der Waals surface area contributed by atoms with Gasteiger partial charge in [0.05, 0.1) is 0 Å². The van der Waals surface area contributed by atoms with E-state index >= 15 is 0 Å². The van der Waals surface area contributed by atoms with E-state index in [-0.39, 0.29) is 24.8 Å². The summed E-state index contributed by atoms with van der Waals surface area (Å²) in [5, 5.41) is 7.23. The smallest absolute Gasteiger partial charge is 0.124 e.